The molecule has 1 aromatic rings. The molecule has 1 N–H and O–H groups in total. The molecule has 154 valence electrons. The molecular weight excluding hydrogens is 384 g/mol. The molecule has 0 unspecified atom stereocenters. The maximum Gasteiger partial charge on any atom is 0.407 e. The second-order valence-electron chi connectivity index (χ2n) is 8.18. The summed E-state index contributed by atoms with van der Waals surface area (Å²) in [6.45, 7) is 6.83. The van der Waals surface area contributed by atoms with Gasteiger partial charge in [-0.05, 0) is 57.9 Å². The van der Waals surface area contributed by atoms with E-state index >= 15 is 0 Å². The van der Waals surface area contributed by atoms with Gasteiger partial charge < -0.3 is 24.4 Å². The predicted molar refractivity (Wildman–Crippen MR) is 105 cm³/mol. The Bertz CT molecular complexity index is 690. The molecule has 1 aromatic carbocycles. The van der Waals surface area contributed by atoms with E-state index in [2.05, 4.69) is 5.32 Å². The van der Waals surface area contributed by atoms with Crippen LogP contribution in [-0.2, 0) is 14.3 Å². The summed E-state index contributed by atoms with van der Waals surface area (Å²) in [5.41, 5.74) is -0.541. The average Bonchev–Trinajstić information content (AvgIpc) is 2.58. The van der Waals surface area contributed by atoms with Gasteiger partial charge in [0.25, 0.3) is 5.91 Å². The topological polar surface area (TPSA) is 77.1 Å². The van der Waals surface area contributed by atoms with Gasteiger partial charge in [0.2, 0.25) is 0 Å². The van der Waals surface area contributed by atoms with Crippen LogP contribution >= 0.6 is 11.6 Å². The van der Waals surface area contributed by atoms with Crippen LogP contribution in [0.2, 0.25) is 5.02 Å². The first-order chi connectivity index (χ1) is 13.2. The van der Waals surface area contributed by atoms with Crippen molar-refractivity contribution in [3.05, 3.63) is 29.3 Å². The smallest absolute Gasteiger partial charge is 0.407 e. The number of nitrogens with zero attached hydrogens (tertiary/aromatic N) is 1. The van der Waals surface area contributed by atoms with Crippen LogP contribution in [0, 0.1) is 0 Å². The molecule has 0 bridgehead atoms. The number of halogens is 1. The standard InChI is InChI=1S/C20H27ClN2O5/c1-20(2,3)28-19(25)22-14-6-9-17(26-12-14)18(24)23-10-16(11-23)27-15-7-4-13(21)5-8-15/h4-5,7-8,14,16-17H,6,9-12H2,1-3H3,(H,22,25)/t14-,17+/m1/s1. The fraction of sp³-hybridized carbons (Fsp3) is 0.600. The SMILES string of the molecule is CC(C)(C)OC(=O)N[C@@H]1CC[C@@H](C(=O)N2CC(Oc3ccc(Cl)cc3)C2)OC1. The normalized spacial score (nSPS) is 22.9. The van der Waals surface area contributed by atoms with Crippen molar-refractivity contribution in [3.63, 3.8) is 0 Å². The first kappa shape index (κ1) is 20.7. The van der Waals surface area contributed by atoms with Crippen LogP contribution in [0.3, 0.4) is 0 Å². The minimum atomic E-state index is -0.541. The van der Waals surface area contributed by atoms with E-state index < -0.39 is 17.8 Å². The lowest BCUT2D eigenvalue weighted by Gasteiger charge is -2.41. The Balaban J connectivity index is 1.37. The minimum Gasteiger partial charge on any atom is -0.487 e. The lowest BCUT2D eigenvalue weighted by Crippen LogP contribution is -2.59. The van der Waals surface area contributed by atoms with E-state index in [-0.39, 0.29) is 18.1 Å². The molecule has 28 heavy (non-hydrogen) atoms. The highest BCUT2D eigenvalue weighted by atomic mass is 35.5. The third kappa shape index (κ3) is 5.75. The average molecular weight is 411 g/mol. The van der Waals surface area contributed by atoms with Crippen LogP contribution in [0.15, 0.2) is 24.3 Å². The van der Waals surface area contributed by atoms with Gasteiger partial charge in [-0.3, -0.25) is 4.79 Å². The number of nitrogens with one attached hydrogen (secondary N) is 1. The highest BCUT2D eigenvalue weighted by Gasteiger charge is 2.38. The lowest BCUT2D eigenvalue weighted by atomic mass is 10.0. The number of hydrogen-bond acceptors (Lipinski definition) is 5. The number of hydrogen-bond donors (Lipinski definition) is 1. The van der Waals surface area contributed by atoms with Gasteiger partial charge in [0.15, 0.2) is 0 Å². The summed E-state index contributed by atoms with van der Waals surface area (Å²) in [6.07, 6.45) is 0.298. The highest BCUT2D eigenvalue weighted by Crippen LogP contribution is 2.23. The maximum absolute atomic E-state index is 12.6. The number of carbonyl (C=O) groups excluding carboxylic acids is 2. The Morgan fingerprint density at radius 3 is 2.43 bits per heavy atom. The molecule has 8 heteroatoms. The second-order valence-corrected chi connectivity index (χ2v) is 8.62. The molecule has 0 aromatic heterocycles. The van der Waals surface area contributed by atoms with Crippen molar-refractivity contribution in [2.75, 3.05) is 19.7 Å². The lowest BCUT2D eigenvalue weighted by molar-refractivity contribution is -0.156. The molecule has 0 radical (unpaired) electrons. The molecule has 2 aliphatic rings. The first-order valence-corrected chi connectivity index (χ1v) is 9.89. The van der Waals surface area contributed by atoms with Gasteiger partial charge in [-0.15, -0.1) is 0 Å². The zero-order chi connectivity index (χ0) is 20.3. The molecular formula is C20H27ClN2O5. The van der Waals surface area contributed by atoms with Gasteiger partial charge in [0.1, 0.15) is 23.6 Å². The number of ether oxygens (including phenoxy) is 3. The number of carbonyl (C=O) groups is 2. The van der Waals surface area contributed by atoms with Crippen LogP contribution in [0.5, 0.6) is 5.75 Å². The summed E-state index contributed by atoms with van der Waals surface area (Å²) in [5.74, 6) is 0.721. The second kappa shape index (κ2) is 8.57. The summed E-state index contributed by atoms with van der Waals surface area (Å²) in [7, 11) is 0. The Kier molecular flexibility index (Phi) is 6.35. The van der Waals surface area contributed by atoms with Crippen LogP contribution < -0.4 is 10.1 Å². The van der Waals surface area contributed by atoms with Gasteiger partial charge in [-0.1, -0.05) is 11.6 Å². The van der Waals surface area contributed by atoms with Gasteiger partial charge in [0.05, 0.1) is 25.7 Å². The molecule has 0 aliphatic carbocycles. The monoisotopic (exact) mass is 410 g/mol. The molecule has 2 saturated heterocycles. The minimum absolute atomic E-state index is 0.0182. The fourth-order valence-corrected chi connectivity index (χ4v) is 3.26. The Hall–Kier alpha value is -1.99. The van der Waals surface area contributed by atoms with E-state index in [9.17, 15) is 9.59 Å². The van der Waals surface area contributed by atoms with Crippen molar-refractivity contribution in [3.8, 4) is 5.75 Å². The third-order valence-corrected chi connectivity index (χ3v) is 4.80. The number of amides is 2. The van der Waals surface area contributed by atoms with E-state index in [1.54, 1.807) is 17.0 Å². The van der Waals surface area contributed by atoms with Crippen LogP contribution in [0.4, 0.5) is 4.79 Å². The number of rotatable bonds is 4. The van der Waals surface area contributed by atoms with E-state index in [0.717, 1.165) is 5.75 Å². The van der Waals surface area contributed by atoms with Crippen LogP contribution in [0.25, 0.3) is 0 Å². The molecule has 3 rings (SSSR count). The van der Waals surface area contributed by atoms with Crippen LogP contribution in [-0.4, -0.2) is 60.4 Å². The summed E-state index contributed by atoms with van der Waals surface area (Å²) in [5, 5.41) is 3.45. The number of likely N-dealkylation sites (tertiary alicyclic amines) is 1. The molecule has 2 atom stereocenters. The first-order valence-electron chi connectivity index (χ1n) is 9.52. The Labute approximate surface area is 170 Å². The van der Waals surface area contributed by atoms with Gasteiger partial charge >= 0.3 is 6.09 Å². The largest absolute Gasteiger partial charge is 0.487 e. The Morgan fingerprint density at radius 1 is 1.18 bits per heavy atom. The van der Waals surface area contributed by atoms with Crippen molar-refractivity contribution in [1.29, 1.82) is 0 Å². The molecule has 2 amide bonds. The summed E-state index contributed by atoms with van der Waals surface area (Å²) >= 11 is 5.86. The van der Waals surface area contributed by atoms with Crippen molar-refractivity contribution in [1.82, 2.24) is 10.2 Å². The number of alkyl carbamates (subject to hydrolysis) is 1. The van der Waals surface area contributed by atoms with E-state index in [4.69, 9.17) is 25.8 Å². The molecule has 0 saturated carbocycles. The highest BCUT2D eigenvalue weighted by molar-refractivity contribution is 6.30. The van der Waals surface area contributed by atoms with Crippen molar-refractivity contribution >= 4 is 23.6 Å². The zero-order valence-corrected chi connectivity index (χ0v) is 17.2. The fourth-order valence-electron chi connectivity index (χ4n) is 3.14. The van der Waals surface area contributed by atoms with Crippen molar-refractivity contribution < 1.29 is 23.8 Å². The van der Waals surface area contributed by atoms with Gasteiger partial charge in [-0.2, -0.15) is 0 Å². The Morgan fingerprint density at radius 2 is 1.86 bits per heavy atom. The van der Waals surface area contributed by atoms with Crippen molar-refractivity contribution in [2.45, 2.75) is 57.5 Å². The van der Waals surface area contributed by atoms with Gasteiger partial charge in [0, 0.05) is 5.02 Å². The third-order valence-electron chi connectivity index (χ3n) is 4.55. The number of benzene rings is 1. The summed E-state index contributed by atoms with van der Waals surface area (Å²) < 4.78 is 16.8. The van der Waals surface area contributed by atoms with E-state index in [1.165, 1.54) is 0 Å². The quantitative estimate of drug-likeness (QED) is 0.825. The van der Waals surface area contributed by atoms with Crippen LogP contribution in [0.1, 0.15) is 33.6 Å². The van der Waals surface area contributed by atoms with E-state index in [0.29, 0.717) is 37.6 Å². The zero-order valence-electron chi connectivity index (χ0n) is 16.4. The maximum atomic E-state index is 12.6. The summed E-state index contributed by atoms with van der Waals surface area (Å²) in [4.78, 5) is 26.1. The molecule has 0 spiro atoms. The molecule has 2 heterocycles. The molecule has 2 aliphatic heterocycles. The molecule has 2 fully saturated rings. The molecule has 7 nitrogen and oxygen atoms in total. The summed E-state index contributed by atoms with van der Waals surface area (Å²) in [6, 6.07) is 7.03. The van der Waals surface area contributed by atoms with E-state index in [1.807, 2.05) is 32.9 Å². The predicted octanol–water partition coefficient (Wildman–Crippen LogP) is 3.00. The van der Waals surface area contributed by atoms with Gasteiger partial charge in [-0.25, -0.2) is 4.79 Å². The van der Waals surface area contributed by atoms with Crippen molar-refractivity contribution in [2.24, 2.45) is 0 Å².